The average molecular weight is 455 g/mol. The second-order valence-corrected chi connectivity index (χ2v) is 9.36. The summed E-state index contributed by atoms with van der Waals surface area (Å²) in [7, 11) is 0. The molecule has 3 N–H and O–H groups in total. The molecule has 0 spiro atoms. The molecule has 1 saturated heterocycles. The number of aliphatic hydroxyl groups excluding tert-OH is 1. The molecule has 2 atom stereocenters. The number of pyridine rings is 2. The van der Waals surface area contributed by atoms with Gasteiger partial charge in [-0.3, -0.25) is 4.79 Å². The number of nitrogens with zero attached hydrogens (tertiary/aromatic N) is 2. The molecule has 34 heavy (non-hydrogen) atoms. The summed E-state index contributed by atoms with van der Waals surface area (Å²) in [4.78, 5) is 22.7. The summed E-state index contributed by atoms with van der Waals surface area (Å²) in [5, 5.41) is 14.6. The van der Waals surface area contributed by atoms with Crippen molar-refractivity contribution in [3.63, 3.8) is 0 Å². The lowest BCUT2D eigenvalue weighted by atomic mass is 9.99. The van der Waals surface area contributed by atoms with Crippen LogP contribution in [0.4, 0.5) is 5.82 Å². The number of fused-ring (bicyclic) bond motifs is 1. The number of benzene rings is 2. The molecule has 2 aromatic carbocycles. The fourth-order valence-electron chi connectivity index (χ4n) is 5.00. The summed E-state index contributed by atoms with van der Waals surface area (Å²) >= 11 is 0. The van der Waals surface area contributed by atoms with Gasteiger partial charge in [0.25, 0.3) is 5.56 Å². The number of aromatic nitrogens is 2. The molecule has 174 valence electrons. The van der Waals surface area contributed by atoms with Gasteiger partial charge < -0.3 is 20.3 Å². The predicted molar refractivity (Wildman–Crippen MR) is 138 cm³/mol. The van der Waals surface area contributed by atoms with Crippen LogP contribution in [0.1, 0.15) is 25.0 Å². The first-order valence-corrected chi connectivity index (χ1v) is 11.8. The standard InChI is InChI=1S/C28H30N4O2/c1-17-11-27(32-14-18(2)30-19(3)15-32)29-13-25(17)20-7-9-21(10-8-20)26-12-24-22(16-33)5-4-6-23(24)28(34)31-26/h4-13,18-19,30,33H,14-16H2,1-3H3,(H,31,34)/t18-,19+. The van der Waals surface area contributed by atoms with Gasteiger partial charge in [0.05, 0.1) is 6.61 Å². The van der Waals surface area contributed by atoms with E-state index in [1.165, 1.54) is 5.56 Å². The largest absolute Gasteiger partial charge is 0.392 e. The van der Waals surface area contributed by atoms with Crippen LogP contribution in [-0.2, 0) is 6.61 Å². The van der Waals surface area contributed by atoms with Crippen LogP contribution in [0.15, 0.2) is 65.6 Å². The van der Waals surface area contributed by atoms with Crippen LogP contribution in [0.3, 0.4) is 0 Å². The summed E-state index contributed by atoms with van der Waals surface area (Å²) in [6.45, 7) is 8.34. The molecule has 3 heterocycles. The Morgan fingerprint density at radius 2 is 1.71 bits per heavy atom. The van der Waals surface area contributed by atoms with Gasteiger partial charge in [0, 0.05) is 48.0 Å². The number of aryl methyl sites for hydroxylation is 1. The molecule has 0 saturated carbocycles. The fraction of sp³-hybridized carbons (Fsp3) is 0.286. The zero-order valence-electron chi connectivity index (χ0n) is 19.8. The third kappa shape index (κ3) is 4.22. The Balaban J connectivity index is 1.44. The number of hydrogen-bond donors (Lipinski definition) is 3. The van der Waals surface area contributed by atoms with Gasteiger partial charge in [-0.15, -0.1) is 0 Å². The van der Waals surface area contributed by atoms with Crippen molar-refractivity contribution in [2.24, 2.45) is 0 Å². The summed E-state index contributed by atoms with van der Waals surface area (Å²) in [6, 6.07) is 18.6. The monoisotopic (exact) mass is 454 g/mol. The summed E-state index contributed by atoms with van der Waals surface area (Å²) in [6.07, 6.45) is 1.96. The van der Waals surface area contributed by atoms with Crippen molar-refractivity contribution in [1.82, 2.24) is 15.3 Å². The van der Waals surface area contributed by atoms with Crippen LogP contribution in [-0.4, -0.2) is 40.2 Å². The molecule has 5 rings (SSSR count). The van der Waals surface area contributed by atoms with Crippen LogP contribution >= 0.6 is 0 Å². The number of piperazine rings is 1. The maximum Gasteiger partial charge on any atom is 0.256 e. The van der Waals surface area contributed by atoms with Crippen LogP contribution < -0.4 is 15.8 Å². The molecule has 4 aromatic rings. The Kier molecular flexibility index (Phi) is 5.94. The van der Waals surface area contributed by atoms with Gasteiger partial charge in [-0.05, 0) is 66.6 Å². The molecule has 0 aliphatic carbocycles. The molecule has 1 aliphatic heterocycles. The molecule has 2 aromatic heterocycles. The Morgan fingerprint density at radius 3 is 2.38 bits per heavy atom. The second-order valence-electron chi connectivity index (χ2n) is 9.36. The van der Waals surface area contributed by atoms with E-state index in [2.05, 4.69) is 54.2 Å². The topological polar surface area (TPSA) is 81.2 Å². The Labute approximate surface area is 199 Å². The minimum absolute atomic E-state index is 0.104. The maximum atomic E-state index is 12.6. The lowest BCUT2D eigenvalue weighted by Gasteiger charge is -2.37. The van der Waals surface area contributed by atoms with Crippen LogP contribution in [0, 0.1) is 6.92 Å². The molecule has 6 nitrogen and oxygen atoms in total. The molecule has 0 bridgehead atoms. The van der Waals surface area contributed by atoms with Crippen molar-refractivity contribution in [1.29, 1.82) is 0 Å². The van der Waals surface area contributed by atoms with Gasteiger partial charge in [0.15, 0.2) is 0 Å². The van der Waals surface area contributed by atoms with Crippen molar-refractivity contribution in [2.75, 3.05) is 18.0 Å². The van der Waals surface area contributed by atoms with E-state index in [-0.39, 0.29) is 12.2 Å². The Bertz CT molecular complexity index is 1380. The smallest absolute Gasteiger partial charge is 0.256 e. The highest BCUT2D eigenvalue weighted by Gasteiger charge is 2.22. The molecule has 6 heteroatoms. The van der Waals surface area contributed by atoms with Gasteiger partial charge in [0.2, 0.25) is 0 Å². The maximum absolute atomic E-state index is 12.6. The summed E-state index contributed by atoms with van der Waals surface area (Å²) < 4.78 is 0. The van der Waals surface area contributed by atoms with E-state index < -0.39 is 0 Å². The number of hydrogen-bond acceptors (Lipinski definition) is 5. The van der Waals surface area contributed by atoms with Gasteiger partial charge in [-0.2, -0.15) is 0 Å². The first-order chi connectivity index (χ1) is 16.4. The van der Waals surface area contributed by atoms with Gasteiger partial charge >= 0.3 is 0 Å². The van der Waals surface area contributed by atoms with E-state index in [0.717, 1.165) is 52.2 Å². The zero-order chi connectivity index (χ0) is 23.8. The zero-order valence-corrected chi connectivity index (χ0v) is 19.8. The fourth-order valence-corrected chi connectivity index (χ4v) is 5.00. The molecule has 0 amide bonds. The Morgan fingerprint density at radius 1 is 1.00 bits per heavy atom. The lowest BCUT2D eigenvalue weighted by Crippen LogP contribution is -2.54. The van der Waals surface area contributed by atoms with E-state index in [9.17, 15) is 9.90 Å². The SMILES string of the molecule is Cc1cc(N2C[C@@H](C)N[C@@H](C)C2)ncc1-c1ccc(-c2cc3c(CO)cccc3c(=O)[nH]2)cc1. The molecule has 0 unspecified atom stereocenters. The lowest BCUT2D eigenvalue weighted by molar-refractivity contribution is 0.283. The predicted octanol–water partition coefficient (Wildman–Crippen LogP) is 4.24. The van der Waals surface area contributed by atoms with Crippen LogP contribution in [0.2, 0.25) is 0 Å². The first-order valence-electron chi connectivity index (χ1n) is 11.8. The van der Waals surface area contributed by atoms with E-state index in [1.807, 2.05) is 30.5 Å². The van der Waals surface area contributed by atoms with Crippen LogP contribution in [0.25, 0.3) is 33.2 Å². The summed E-state index contributed by atoms with van der Waals surface area (Å²) in [5.41, 5.74) is 5.61. The van der Waals surface area contributed by atoms with Crippen LogP contribution in [0.5, 0.6) is 0 Å². The van der Waals surface area contributed by atoms with Gasteiger partial charge in [-0.25, -0.2) is 4.98 Å². The highest BCUT2D eigenvalue weighted by atomic mass is 16.3. The molecular weight excluding hydrogens is 424 g/mol. The van der Waals surface area contributed by atoms with E-state index in [4.69, 9.17) is 4.98 Å². The molecule has 1 fully saturated rings. The second kappa shape index (κ2) is 9.05. The van der Waals surface area contributed by atoms with Gasteiger partial charge in [-0.1, -0.05) is 36.4 Å². The van der Waals surface area contributed by atoms with Gasteiger partial charge in [0.1, 0.15) is 5.82 Å². The highest BCUT2D eigenvalue weighted by Crippen LogP contribution is 2.29. The van der Waals surface area contributed by atoms with Crippen molar-refractivity contribution in [2.45, 2.75) is 39.5 Å². The van der Waals surface area contributed by atoms with E-state index in [1.54, 1.807) is 12.1 Å². The highest BCUT2D eigenvalue weighted by molar-refractivity contribution is 5.88. The quantitative estimate of drug-likeness (QED) is 0.430. The van der Waals surface area contributed by atoms with Crippen molar-refractivity contribution >= 4 is 16.6 Å². The minimum Gasteiger partial charge on any atom is -0.392 e. The van der Waals surface area contributed by atoms with Crippen molar-refractivity contribution in [3.05, 3.63) is 82.3 Å². The van der Waals surface area contributed by atoms with Crippen molar-refractivity contribution < 1.29 is 5.11 Å². The third-order valence-electron chi connectivity index (χ3n) is 6.63. The number of rotatable bonds is 4. The number of aromatic amines is 1. The minimum atomic E-state index is -0.154. The summed E-state index contributed by atoms with van der Waals surface area (Å²) in [5.74, 6) is 1.02. The number of H-pyrrole nitrogens is 1. The number of aliphatic hydroxyl groups is 1. The average Bonchev–Trinajstić information content (AvgIpc) is 2.83. The third-order valence-corrected chi connectivity index (χ3v) is 6.63. The number of anilines is 1. The Hall–Kier alpha value is -3.48. The van der Waals surface area contributed by atoms with E-state index >= 15 is 0 Å². The van der Waals surface area contributed by atoms with Crippen molar-refractivity contribution in [3.8, 4) is 22.4 Å². The molecular formula is C28H30N4O2. The molecule has 1 aliphatic rings. The normalized spacial score (nSPS) is 18.4. The first kappa shape index (κ1) is 22.3. The number of nitrogens with one attached hydrogen (secondary N) is 2. The molecule has 0 radical (unpaired) electrons. The van der Waals surface area contributed by atoms with E-state index in [0.29, 0.717) is 17.5 Å².